The molecule has 1 N–H and O–H groups in total. The minimum atomic E-state index is -0.796. The summed E-state index contributed by atoms with van der Waals surface area (Å²) in [5.41, 5.74) is 1.61. The molecular formula is C24H23ClF2N4O. The molecule has 8 heteroatoms. The van der Waals surface area contributed by atoms with Crippen molar-refractivity contribution in [2.24, 2.45) is 0 Å². The highest BCUT2D eigenvalue weighted by atomic mass is 35.5. The second-order valence-electron chi connectivity index (χ2n) is 7.76. The van der Waals surface area contributed by atoms with Gasteiger partial charge in [-0.15, -0.1) is 0 Å². The fraction of sp³-hybridized carbons (Fsp3) is 0.250. The molecule has 1 aliphatic rings. The number of rotatable bonds is 5. The topological polar surface area (TPSA) is 48.5 Å². The lowest BCUT2D eigenvalue weighted by atomic mass is 10.2. The third kappa shape index (κ3) is 5.81. The quantitative estimate of drug-likeness (QED) is 0.588. The average Bonchev–Trinajstić information content (AvgIpc) is 3.01. The fourth-order valence-corrected chi connectivity index (χ4v) is 3.87. The summed E-state index contributed by atoms with van der Waals surface area (Å²) in [6.07, 6.45) is 2.57. The molecule has 4 rings (SSSR count). The Hall–Kier alpha value is -3.03. The first-order chi connectivity index (χ1) is 15.5. The molecule has 1 amide bonds. The maximum Gasteiger partial charge on any atom is 0.255 e. The first-order valence-corrected chi connectivity index (χ1v) is 10.8. The van der Waals surface area contributed by atoms with Gasteiger partial charge in [0.1, 0.15) is 17.5 Å². The minimum Gasteiger partial charge on any atom is -0.355 e. The van der Waals surface area contributed by atoms with Gasteiger partial charge in [-0.05, 0) is 48.4 Å². The van der Waals surface area contributed by atoms with E-state index in [9.17, 15) is 13.6 Å². The summed E-state index contributed by atoms with van der Waals surface area (Å²) in [6, 6.07) is 14.2. The highest BCUT2D eigenvalue weighted by molar-refractivity contribution is 6.30. The summed E-state index contributed by atoms with van der Waals surface area (Å²) in [4.78, 5) is 21.4. The van der Waals surface area contributed by atoms with Gasteiger partial charge in [-0.3, -0.25) is 9.69 Å². The molecule has 5 nitrogen and oxygen atoms in total. The molecule has 2 heterocycles. The van der Waals surface area contributed by atoms with E-state index in [1.807, 2.05) is 18.2 Å². The number of benzene rings is 2. The summed E-state index contributed by atoms with van der Waals surface area (Å²) in [5.74, 6) is -1.36. The van der Waals surface area contributed by atoms with E-state index in [-0.39, 0.29) is 5.56 Å². The number of pyridine rings is 1. The van der Waals surface area contributed by atoms with Crippen LogP contribution >= 0.6 is 11.6 Å². The lowest BCUT2D eigenvalue weighted by Crippen LogP contribution is -2.30. The summed E-state index contributed by atoms with van der Waals surface area (Å²) in [5, 5.41) is 3.36. The molecule has 0 saturated carbocycles. The number of aromatic nitrogens is 1. The van der Waals surface area contributed by atoms with Crippen LogP contribution in [0.4, 0.5) is 20.3 Å². The first kappa shape index (κ1) is 22.2. The van der Waals surface area contributed by atoms with Crippen LogP contribution < -0.4 is 10.2 Å². The summed E-state index contributed by atoms with van der Waals surface area (Å²) in [6.45, 7) is 4.52. The van der Waals surface area contributed by atoms with Crippen molar-refractivity contribution in [1.82, 2.24) is 9.88 Å². The minimum absolute atomic E-state index is 0.0835. The number of hydrogen-bond acceptors (Lipinski definition) is 4. The number of amides is 1. The molecule has 0 atom stereocenters. The van der Waals surface area contributed by atoms with E-state index in [0.29, 0.717) is 5.69 Å². The second kappa shape index (κ2) is 10.1. The lowest BCUT2D eigenvalue weighted by Gasteiger charge is -2.23. The zero-order valence-electron chi connectivity index (χ0n) is 17.4. The van der Waals surface area contributed by atoms with Crippen LogP contribution in [0.15, 0.2) is 60.8 Å². The summed E-state index contributed by atoms with van der Waals surface area (Å²) >= 11 is 5.97. The number of hydrogen-bond donors (Lipinski definition) is 1. The van der Waals surface area contributed by atoms with Crippen molar-refractivity contribution < 1.29 is 13.6 Å². The number of carbonyl (C=O) groups is 1. The molecule has 0 unspecified atom stereocenters. The molecule has 1 saturated heterocycles. The summed E-state index contributed by atoms with van der Waals surface area (Å²) < 4.78 is 26.7. The molecule has 0 aliphatic carbocycles. The Morgan fingerprint density at radius 1 is 0.969 bits per heavy atom. The fourth-order valence-electron chi connectivity index (χ4n) is 3.74. The SMILES string of the molecule is O=C(Nc1ccc(N2CCCN(Cc3ccc(Cl)cc3)CC2)nc1)c1cc(F)cc(F)c1. The van der Waals surface area contributed by atoms with Gasteiger partial charge < -0.3 is 10.2 Å². The summed E-state index contributed by atoms with van der Waals surface area (Å²) in [7, 11) is 0. The van der Waals surface area contributed by atoms with Gasteiger partial charge in [-0.1, -0.05) is 23.7 Å². The molecular weight excluding hydrogens is 434 g/mol. The van der Waals surface area contributed by atoms with E-state index >= 15 is 0 Å². The van der Waals surface area contributed by atoms with Gasteiger partial charge in [0, 0.05) is 49.4 Å². The Labute approximate surface area is 190 Å². The van der Waals surface area contributed by atoms with Crippen molar-refractivity contribution in [3.05, 3.63) is 88.6 Å². The van der Waals surface area contributed by atoms with E-state index in [4.69, 9.17) is 11.6 Å². The number of anilines is 2. The van der Waals surface area contributed by atoms with Gasteiger partial charge in [0.15, 0.2) is 0 Å². The normalized spacial score (nSPS) is 14.8. The van der Waals surface area contributed by atoms with E-state index in [1.165, 1.54) is 5.56 Å². The van der Waals surface area contributed by atoms with Crippen LogP contribution in [0.1, 0.15) is 22.3 Å². The predicted molar refractivity (Wildman–Crippen MR) is 122 cm³/mol. The Balaban J connectivity index is 1.34. The maximum atomic E-state index is 13.3. The van der Waals surface area contributed by atoms with Crippen molar-refractivity contribution in [3.8, 4) is 0 Å². The van der Waals surface area contributed by atoms with Gasteiger partial charge in [-0.25, -0.2) is 13.8 Å². The Morgan fingerprint density at radius 3 is 2.41 bits per heavy atom. The van der Waals surface area contributed by atoms with Gasteiger partial charge in [0.05, 0.1) is 11.9 Å². The van der Waals surface area contributed by atoms with Crippen molar-refractivity contribution in [2.75, 3.05) is 36.4 Å². The van der Waals surface area contributed by atoms with Crippen LogP contribution in [0.25, 0.3) is 0 Å². The average molecular weight is 457 g/mol. The van der Waals surface area contributed by atoms with Crippen molar-refractivity contribution in [1.29, 1.82) is 0 Å². The molecule has 32 heavy (non-hydrogen) atoms. The molecule has 0 radical (unpaired) electrons. The van der Waals surface area contributed by atoms with Crippen molar-refractivity contribution in [2.45, 2.75) is 13.0 Å². The van der Waals surface area contributed by atoms with Gasteiger partial charge in [-0.2, -0.15) is 0 Å². The number of nitrogens with one attached hydrogen (secondary N) is 1. The van der Waals surface area contributed by atoms with E-state index < -0.39 is 17.5 Å². The Morgan fingerprint density at radius 2 is 1.72 bits per heavy atom. The first-order valence-electron chi connectivity index (χ1n) is 10.4. The van der Waals surface area contributed by atoms with Crippen LogP contribution in [0, 0.1) is 11.6 Å². The molecule has 1 aromatic heterocycles. The highest BCUT2D eigenvalue weighted by Gasteiger charge is 2.17. The Bertz CT molecular complexity index is 1060. The monoisotopic (exact) mass is 456 g/mol. The number of halogens is 3. The van der Waals surface area contributed by atoms with Crippen LogP contribution in [0.2, 0.25) is 5.02 Å². The molecule has 2 aromatic carbocycles. The zero-order chi connectivity index (χ0) is 22.5. The third-order valence-electron chi connectivity index (χ3n) is 5.36. The molecule has 0 bridgehead atoms. The third-order valence-corrected chi connectivity index (χ3v) is 5.61. The molecule has 0 spiro atoms. The van der Waals surface area contributed by atoms with Gasteiger partial charge >= 0.3 is 0 Å². The standard InChI is InChI=1S/C24H23ClF2N4O/c25-19-4-2-17(3-5-19)16-30-8-1-9-31(11-10-30)23-7-6-22(15-28-23)29-24(32)18-12-20(26)14-21(27)13-18/h2-7,12-15H,1,8-11,16H2,(H,29,32). The van der Waals surface area contributed by atoms with E-state index in [1.54, 1.807) is 12.3 Å². The van der Waals surface area contributed by atoms with Gasteiger partial charge in [0.2, 0.25) is 0 Å². The lowest BCUT2D eigenvalue weighted by molar-refractivity contribution is 0.102. The molecule has 1 fully saturated rings. The number of carbonyl (C=O) groups excluding carboxylic acids is 1. The van der Waals surface area contributed by atoms with Crippen LogP contribution in [-0.4, -0.2) is 42.0 Å². The molecule has 1 aliphatic heterocycles. The van der Waals surface area contributed by atoms with Crippen molar-refractivity contribution in [3.63, 3.8) is 0 Å². The van der Waals surface area contributed by atoms with Gasteiger partial charge in [0.25, 0.3) is 5.91 Å². The van der Waals surface area contributed by atoms with E-state index in [2.05, 4.69) is 32.2 Å². The van der Waals surface area contributed by atoms with Crippen LogP contribution in [0.5, 0.6) is 0 Å². The van der Waals surface area contributed by atoms with Crippen molar-refractivity contribution >= 4 is 29.0 Å². The van der Waals surface area contributed by atoms with E-state index in [0.717, 1.165) is 68.2 Å². The Kier molecular flexibility index (Phi) is 6.97. The largest absolute Gasteiger partial charge is 0.355 e. The smallest absolute Gasteiger partial charge is 0.255 e. The van der Waals surface area contributed by atoms with Crippen LogP contribution in [-0.2, 0) is 6.54 Å². The highest BCUT2D eigenvalue weighted by Crippen LogP contribution is 2.19. The number of nitrogens with zero attached hydrogens (tertiary/aromatic N) is 3. The maximum absolute atomic E-state index is 13.3. The van der Waals surface area contributed by atoms with Crippen LogP contribution in [0.3, 0.4) is 0 Å². The zero-order valence-corrected chi connectivity index (χ0v) is 18.2. The molecule has 3 aromatic rings. The molecule has 166 valence electrons. The second-order valence-corrected chi connectivity index (χ2v) is 8.20. The predicted octanol–water partition coefficient (Wildman–Crippen LogP) is 4.98.